The molecule has 0 saturated heterocycles. The van der Waals surface area contributed by atoms with Crippen molar-refractivity contribution < 1.29 is 14.4 Å². The molecule has 0 unspecified atom stereocenters. The lowest BCUT2D eigenvalue weighted by Gasteiger charge is -2.06. The van der Waals surface area contributed by atoms with Crippen molar-refractivity contribution in [3.05, 3.63) is 70.8 Å². The Morgan fingerprint density at radius 2 is 1.64 bits per heavy atom. The summed E-state index contributed by atoms with van der Waals surface area (Å²) < 4.78 is 0. The van der Waals surface area contributed by atoms with Crippen molar-refractivity contribution in [2.75, 3.05) is 5.32 Å². The molecule has 0 fully saturated rings. The van der Waals surface area contributed by atoms with Crippen LogP contribution in [0.5, 0.6) is 0 Å². The van der Waals surface area contributed by atoms with Crippen molar-refractivity contribution in [1.82, 2.24) is 10.9 Å². The van der Waals surface area contributed by atoms with Crippen LogP contribution in [-0.2, 0) is 9.59 Å². The Morgan fingerprint density at radius 3 is 2.28 bits per heavy atom. The molecule has 2 aromatic carbocycles. The molecule has 7 heteroatoms. The largest absolute Gasteiger partial charge is 0.326 e. The van der Waals surface area contributed by atoms with Crippen molar-refractivity contribution in [3.63, 3.8) is 0 Å². The fraction of sp³-hybridized carbons (Fsp3) is 0.0556. The van der Waals surface area contributed by atoms with Gasteiger partial charge in [0.05, 0.1) is 10.6 Å². The number of carbonyl (C=O) groups is 3. The first kappa shape index (κ1) is 18.2. The molecule has 3 N–H and O–H groups in total. The van der Waals surface area contributed by atoms with Gasteiger partial charge in [0.2, 0.25) is 5.91 Å². The average molecular weight is 358 g/mol. The molecule has 0 saturated carbocycles. The van der Waals surface area contributed by atoms with Gasteiger partial charge >= 0.3 is 0 Å². The molecule has 0 aromatic heterocycles. The average Bonchev–Trinajstić information content (AvgIpc) is 2.59. The number of rotatable bonds is 4. The van der Waals surface area contributed by atoms with Gasteiger partial charge in [0.1, 0.15) is 0 Å². The van der Waals surface area contributed by atoms with Gasteiger partial charge in [0, 0.05) is 18.7 Å². The number of carbonyl (C=O) groups excluding carboxylic acids is 3. The van der Waals surface area contributed by atoms with Gasteiger partial charge in [0.25, 0.3) is 11.8 Å². The molecular weight excluding hydrogens is 342 g/mol. The van der Waals surface area contributed by atoms with E-state index in [4.69, 9.17) is 11.6 Å². The van der Waals surface area contributed by atoms with Crippen molar-refractivity contribution in [1.29, 1.82) is 0 Å². The Bertz CT molecular complexity index is 817. The maximum absolute atomic E-state index is 11.9. The maximum atomic E-state index is 11.9. The maximum Gasteiger partial charge on any atom is 0.271 e. The van der Waals surface area contributed by atoms with Gasteiger partial charge in [-0.15, -0.1) is 0 Å². The molecule has 25 heavy (non-hydrogen) atoms. The molecule has 0 radical (unpaired) electrons. The van der Waals surface area contributed by atoms with Gasteiger partial charge in [-0.2, -0.15) is 0 Å². The van der Waals surface area contributed by atoms with E-state index in [0.717, 1.165) is 5.56 Å². The van der Waals surface area contributed by atoms with E-state index in [2.05, 4.69) is 16.2 Å². The summed E-state index contributed by atoms with van der Waals surface area (Å²) in [6.45, 7) is 1.43. The zero-order valence-electron chi connectivity index (χ0n) is 13.4. The highest BCUT2D eigenvalue weighted by Gasteiger charge is 2.09. The van der Waals surface area contributed by atoms with Crippen LogP contribution in [0.1, 0.15) is 22.8 Å². The van der Waals surface area contributed by atoms with Gasteiger partial charge in [-0.05, 0) is 35.9 Å². The Kier molecular flexibility index (Phi) is 6.31. The number of hydrogen-bond acceptors (Lipinski definition) is 3. The monoisotopic (exact) mass is 357 g/mol. The molecule has 0 heterocycles. The fourth-order valence-electron chi connectivity index (χ4n) is 1.93. The summed E-state index contributed by atoms with van der Waals surface area (Å²) in [6, 6.07) is 13.5. The highest BCUT2D eigenvalue weighted by Crippen LogP contribution is 2.14. The molecule has 128 valence electrons. The summed E-state index contributed by atoms with van der Waals surface area (Å²) in [5.74, 6) is -1.16. The Morgan fingerprint density at radius 1 is 0.960 bits per heavy atom. The van der Waals surface area contributed by atoms with Gasteiger partial charge < -0.3 is 5.32 Å². The number of amides is 3. The number of halogens is 1. The quantitative estimate of drug-likeness (QED) is 0.580. The molecule has 0 aliphatic rings. The highest BCUT2D eigenvalue weighted by molar-refractivity contribution is 6.33. The Labute approximate surface area is 149 Å². The number of nitrogens with one attached hydrogen (secondary N) is 3. The van der Waals surface area contributed by atoms with Crippen molar-refractivity contribution >= 4 is 41.1 Å². The van der Waals surface area contributed by atoms with Crippen LogP contribution < -0.4 is 16.2 Å². The van der Waals surface area contributed by atoms with Gasteiger partial charge in [-0.3, -0.25) is 25.2 Å². The predicted molar refractivity (Wildman–Crippen MR) is 96.8 cm³/mol. The molecule has 0 spiro atoms. The topological polar surface area (TPSA) is 87.3 Å². The molecule has 0 aliphatic heterocycles. The van der Waals surface area contributed by atoms with E-state index in [1.165, 1.54) is 13.0 Å². The minimum absolute atomic E-state index is 0.156. The lowest BCUT2D eigenvalue weighted by molar-refractivity contribution is -0.117. The Hall–Kier alpha value is -3.12. The van der Waals surface area contributed by atoms with Crippen LogP contribution in [0.3, 0.4) is 0 Å². The normalized spacial score (nSPS) is 10.3. The fourth-order valence-corrected chi connectivity index (χ4v) is 2.15. The van der Waals surface area contributed by atoms with E-state index < -0.39 is 11.8 Å². The predicted octanol–water partition coefficient (Wildman–Crippen LogP) is 2.77. The van der Waals surface area contributed by atoms with Gasteiger partial charge in [0.15, 0.2) is 0 Å². The van der Waals surface area contributed by atoms with E-state index in [1.54, 1.807) is 54.6 Å². The van der Waals surface area contributed by atoms with Crippen LogP contribution in [0.4, 0.5) is 5.69 Å². The zero-order chi connectivity index (χ0) is 18.2. The first-order valence-electron chi connectivity index (χ1n) is 7.36. The summed E-state index contributed by atoms with van der Waals surface area (Å²) >= 11 is 5.91. The van der Waals surface area contributed by atoms with Crippen molar-refractivity contribution in [3.8, 4) is 0 Å². The smallest absolute Gasteiger partial charge is 0.271 e. The molecule has 0 bridgehead atoms. The lowest BCUT2D eigenvalue weighted by Crippen LogP contribution is -2.40. The van der Waals surface area contributed by atoms with Crippen LogP contribution >= 0.6 is 11.6 Å². The second-order valence-corrected chi connectivity index (χ2v) is 5.47. The summed E-state index contributed by atoms with van der Waals surface area (Å²) in [4.78, 5) is 34.6. The van der Waals surface area contributed by atoms with E-state index in [-0.39, 0.29) is 11.5 Å². The van der Waals surface area contributed by atoms with E-state index in [1.807, 2.05) is 0 Å². The molecule has 2 aromatic rings. The van der Waals surface area contributed by atoms with E-state index >= 15 is 0 Å². The van der Waals surface area contributed by atoms with Crippen LogP contribution in [0, 0.1) is 0 Å². The summed E-state index contributed by atoms with van der Waals surface area (Å²) in [6.07, 6.45) is 2.86. The summed E-state index contributed by atoms with van der Waals surface area (Å²) in [7, 11) is 0. The first-order chi connectivity index (χ1) is 12.0. The van der Waals surface area contributed by atoms with Gasteiger partial charge in [-0.1, -0.05) is 35.9 Å². The summed E-state index contributed by atoms with van der Waals surface area (Å²) in [5.41, 5.74) is 6.26. The zero-order valence-corrected chi connectivity index (χ0v) is 14.1. The minimum atomic E-state index is -0.507. The van der Waals surface area contributed by atoms with Crippen LogP contribution in [-0.4, -0.2) is 17.7 Å². The second kappa shape index (κ2) is 8.65. The number of hydrogen-bond donors (Lipinski definition) is 3. The number of anilines is 1. The first-order valence-corrected chi connectivity index (χ1v) is 7.74. The number of hydrazine groups is 1. The minimum Gasteiger partial charge on any atom is -0.326 e. The van der Waals surface area contributed by atoms with Crippen molar-refractivity contribution in [2.45, 2.75) is 6.92 Å². The van der Waals surface area contributed by atoms with Crippen molar-refractivity contribution in [2.24, 2.45) is 0 Å². The molecule has 6 nitrogen and oxygen atoms in total. The SMILES string of the molecule is CC(=O)Nc1ccc(/C=C/C(=O)NNC(=O)c2ccccc2Cl)cc1. The third-order valence-corrected chi connectivity index (χ3v) is 3.41. The Balaban J connectivity index is 1.87. The third-order valence-electron chi connectivity index (χ3n) is 3.08. The second-order valence-electron chi connectivity index (χ2n) is 5.06. The third kappa shape index (κ3) is 5.78. The van der Waals surface area contributed by atoms with E-state index in [0.29, 0.717) is 10.7 Å². The van der Waals surface area contributed by atoms with Crippen LogP contribution in [0.15, 0.2) is 54.6 Å². The van der Waals surface area contributed by atoms with E-state index in [9.17, 15) is 14.4 Å². The molecule has 3 amide bonds. The molecular formula is C18H16ClN3O3. The molecule has 2 rings (SSSR count). The number of benzene rings is 2. The van der Waals surface area contributed by atoms with Crippen LogP contribution in [0.2, 0.25) is 5.02 Å². The lowest BCUT2D eigenvalue weighted by atomic mass is 10.2. The molecule has 0 aliphatic carbocycles. The standard InChI is InChI=1S/C18H16ClN3O3/c1-12(23)20-14-9-6-13(7-10-14)8-11-17(24)21-22-18(25)15-4-2-3-5-16(15)19/h2-11H,1H3,(H,20,23)(H,21,24)(H,22,25)/b11-8+. The van der Waals surface area contributed by atoms with Crippen LogP contribution in [0.25, 0.3) is 6.08 Å². The summed E-state index contributed by atoms with van der Waals surface area (Å²) in [5, 5.41) is 2.94. The molecule has 0 atom stereocenters. The highest BCUT2D eigenvalue weighted by atomic mass is 35.5. The van der Waals surface area contributed by atoms with Gasteiger partial charge in [-0.25, -0.2) is 0 Å².